The van der Waals surface area contributed by atoms with Crippen molar-refractivity contribution < 1.29 is 14.3 Å². The molecule has 3 rings (SSSR count). The molecule has 3 aromatic carbocycles. The van der Waals surface area contributed by atoms with Gasteiger partial charge in [0.15, 0.2) is 5.11 Å². The number of anilines is 2. The van der Waals surface area contributed by atoms with E-state index < -0.39 is 0 Å². The van der Waals surface area contributed by atoms with Crippen LogP contribution in [0.4, 0.5) is 11.4 Å². The number of rotatable bonds is 11. The number of benzene rings is 3. The van der Waals surface area contributed by atoms with Gasteiger partial charge in [-0.15, -0.1) is 0 Å². The zero-order valence-electron chi connectivity index (χ0n) is 20.8. The maximum atomic E-state index is 12.6. The zero-order chi connectivity index (χ0) is 25.8. The normalized spacial score (nSPS) is 10.4. The van der Waals surface area contributed by atoms with E-state index in [1.807, 2.05) is 31.2 Å². The third-order valence-electron chi connectivity index (χ3n) is 5.52. The molecule has 2 amide bonds. The first-order valence-corrected chi connectivity index (χ1v) is 12.7. The average Bonchev–Trinajstić information content (AvgIpc) is 2.86. The summed E-state index contributed by atoms with van der Waals surface area (Å²) in [6, 6.07) is 21.5. The largest absolute Gasteiger partial charge is 0.494 e. The van der Waals surface area contributed by atoms with Crippen LogP contribution in [-0.2, 0) is 0 Å². The van der Waals surface area contributed by atoms with Gasteiger partial charge in [0, 0.05) is 22.5 Å². The van der Waals surface area contributed by atoms with E-state index in [1.54, 1.807) is 48.5 Å². The minimum atomic E-state index is -0.327. The van der Waals surface area contributed by atoms with Gasteiger partial charge in [-0.05, 0) is 85.7 Å². The van der Waals surface area contributed by atoms with E-state index in [2.05, 4.69) is 22.9 Å². The van der Waals surface area contributed by atoms with Crippen LogP contribution in [0.25, 0.3) is 0 Å². The average molecular weight is 504 g/mol. The van der Waals surface area contributed by atoms with Crippen LogP contribution in [0.15, 0.2) is 72.8 Å². The van der Waals surface area contributed by atoms with Gasteiger partial charge in [-0.1, -0.05) is 50.8 Å². The summed E-state index contributed by atoms with van der Waals surface area (Å²) >= 11 is 5.30. The van der Waals surface area contributed by atoms with Gasteiger partial charge in [0.05, 0.1) is 6.61 Å². The summed E-state index contributed by atoms with van der Waals surface area (Å²) in [5, 5.41) is 8.66. The van der Waals surface area contributed by atoms with E-state index in [0.29, 0.717) is 23.4 Å². The number of hydrogen-bond donors (Lipinski definition) is 3. The zero-order valence-corrected chi connectivity index (χ0v) is 21.6. The number of ether oxygens (including phenoxy) is 1. The standard InChI is InChI=1S/C29H33N3O3S/c1-3-4-5-6-7-18-35-26-16-14-22(15-17-26)27(33)32-29(36)31-25-13-9-11-23(20-25)28(34)30-24-12-8-10-21(2)19-24/h8-17,19-20H,3-7,18H2,1-2H3,(H,30,34)(H2,31,32,33,36). The summed E-state index contributed by atoms with van der Waals surface area (Å²) in [4.78, 5) is 25.2. The van der Waals surface area contributed by atoms with Crippen LogP contribution in [0.2, 0.25) is 0 Å². The Balaban J connectivity index is 1.48. The van der Waals surface area contributed by atoms with Crippen molar-refractivity contribution in [3.05, 3.63) is 89.5 Å². The molecule has 0 fully saturated rings. The molecular formula is C29H33N3O3S. The highest BCUT2D eigenvalue weighted by Gasteiger charge is 2.11. The molecule has 7 heteroatoms. The lowest BCUT2D eigenvalue weighted by Gasteiger charge is -2.12. The third kappa shape index (κ3) is 8.82. The van der Waals surface area contributed by atoms with Crippen LogP contribution in [0.3, 0.4) is 0 Å². The monoisotopic (exact) mass is 503 g/mol. The fraction of sp³-hybridized carbons (Fsp3) is 0.276. The molecule has 6 nitrogen and oxygen atoms in total. The van der Waals surface area contributed by atoms with E-state index >= 15 is 0 Å². The second-order valence-electron chi connectivity index (χ2n) is 8.60. The molecule has 0 aromatic heterocycles. The van der Waals surface area contributed by atoms with E-state index in [-0.39, 0.29) is 16.9 Å². The van der Waals surface area contributed by atoms with Crippen LogP contribution < -0.4 is 20.7 Å². The molecule has 0 atom stereocenters. The minimum absolute atomic E-state index is 0.142. The number of aryl methyl sites for hydroxylation is 1. The molecule has 0 saturated carbocycles. The number of unbranched alkanes of at least 4 members (excludes halogenated alkanes) is 4. The highest BCUT2D eigenvalue weighted by Crippen LogP contribution is 2.16. The van der Waals surface area contributed by atoms with Crippen molar-refractivity contribution in [2.24, 2.45) is 0 Å². The van der Waals surface area contributed by atoms with Gasteiger partial charge in [0.2, 0.25) is 0 Å². The van der Waals surface area contributed by atoms with E-state index in [1.165, 1.54) is 25.7 Å². The van der Waals surface area contributed by atoms with Gasteiger partial charge < -0.3 is 15.4 Å². The molecule has 0 saturated heterocycles. The van der Waals surface area contributed by atoms with Crippen molar-refractivity contribution in [3.63, 3.8) is 0 Å². The van der Waals surface area contributed by atoms with Crippen molar-refractivity contribution in [1.29, 1.82) is 0 Å². The molecule has 0 aliphatic rings. The summed E-state index contributed by atoms with van der Waals surface area (Å²) in [5.41, 5.74) is 3.33. The smallest absolute Gasteiger partial charge is 0.257 e. The Bertz CT molecular complexity index is 1180. The second-order valence-corrected chi connectivity index (χ2v) is 9.01. The first-order chi connectivity index (χ1) is 17.4. The van der Waals surface area contributed by atoms with Gasteiger partial charge in [-0.3, -0.25) is 14.9 Å². The minimum Gasteiger partial charge on any atom is -0.494 e. The quantitative estimate of drug-likeness (QED) is 0.200. The summed E-state index contributed by atoms with van der Waals surface area (Å²) in [6.07, 6.45) is 5.91. The van der Waals surface area contributed by atoms with Crippen molar-refractivity contribution in [1.82, 2.24) is 5.32 Å². The SMILES string of the molecule is CCCCCCCOc1ccc(C(=O)NC(=S)Nc2cccc(C(=O)Nc3cccc(C)c3)c2)cc1. The highest BCUT2D eigenvalue weighted by molar-refractivity contribution is 7.80. The summed E-state index contributed by atoms with van der Waals surface area (Å²) in [6.45, 7) is 4.84. The maximum Gasteiger partial charge on any atom is 0.257 e. The summed E-state index contributed by atoms with van der Waals surface area (Å²) < 4.78 is 5.75. The Kier molecular flexibility index (Phi) is 10.5. The number of amides is 2. The number of hydrogen-bond acceptors (Lipinski definition) is 4. The molecule has 3 aromatic rings. The molecule has 0 spiro atoms. The molecule has 0 unspecified atom stereocenters. The fourth-order valence-corrected chi connectivity index (χ4v) is 3.81. The Morgan fingerprint density at radius 2 is 1.47 bits per heavy atom. The third-order valence-corrected chi connectivity index (χ3v) is 5.72. The molecule has 0 heterocycles. The van der Waals surface area contributed by atoms with Crippen LogP contribution in [-0.4, -0.2) is 23.5 Å². The fourth-order valence-electron chi connectivity index (χ4n) is 3.60. The second kappa shape index (κ2) is 14.0. The molecule has 0 radical (unpaired) electrons. The number of thiocarbonyl (C=S) groups is 1. The molecule has 36 heavy (non-hydrogen) atoms. The van der Waals surface area contributed by atoms with Crippen LogP contribution in [0, 0.1) is 6.92 Å². The Labute approximate surface area is 218 Å². The van der Waals surface area contributed by atoms with Crippen LogP contribution in [0.5, 0.6) is 5.75 Å². The lowest BCUT2D eigenvalue weighted by Crippen LogP contribution is -2.34. The van der Waals surface area contributed by atoms with Crippen molar-refractivity contribution in [2.45, 2.75) is 46.0 Å². The summed E-state index contributed by atoms with van der Waals surface area (Å²) in [5.74, 6) is 0.179. The van der Waals surface area contributed by atoms with Gasteiger partial charge >= 0.3 is 0 Å². The Hall–Kier alpha value is -3.71. The van der Waals surface area contributed by atoms with Gasteiger partial charge in [0.25, 0.3) is 11.8 Å². The van der Waals surface area contributed by atoms with Gasteiger partial charge in [-0.2, -0.15) is 0 Å². The maximum absolute atomic E-state index is 12.6. The predicted molar refractivity (Wildman–Crippen MR) is 150 cm³/mol. The lowest BCUT2D eigenvalue weighted by molar-refractivity contribution is 0.0976. The molecule has 0 aliphatic heterocycles. The molecular weight excluding hydrogens is 470 g/mol. The van der Waals surface area contributed by atoms with E-state index in [9.17, 15) is 9.59 Å². The van der Waals surface area contributed by atoms with Gasteiger partial charge in [-0.25, -0.2) is 0 Å². The molecule has 0 aliphatic carbocycles. The van der Waals surface area contributed by atoms with Crippen molar-refractivity contribution in [3.8, 4) is 5.75 Å². The number of carbonyl (C=O) groups excluding carboxylic acids is 2. The molecule has 0 bridgehead atoms. The topological polar surface area (TPSA) is 79.5 Å². The lowest BCUT2D eigenvalue weighted by atomic mass is 10.1. The van der Waals surface area contributed by atoms with Crippen LogP contribution >= 0.6 is 12.2 Å². The molecule has 188 valence electrons. The first kappa shape index (κ1) is 26.9. The number of nitrogens with one attached hydrogen (secondary N) is 3. The predicted octanol–water partition coefficient (Wildman–Crippen LogP) is 6.72. The molecule has 3 N–H and O–H groups in total. The van der Waals surface area contributed by atoms with Gasteiger partial charge in [0.1, 0.15) is 5.75 Å². The van der Waals surface area contributed by atoms with Crippen molar-refractivity contribution in [2.75, 3.05) is 17.2 Å². The first-order valence-electron chi connectivity index (χ1n) is 12.3. The van der Waals surface area contributed by atoms with E-state index in [0.717, 1.165) is 23.4 Å². The highest BCUT2D eigenvalue weighted by atomic mass is 32.1. The number of carbonyl (C=O) groups is 2. The summed E-state index contributed by atoms with van der Waals surface area (Å²) in [7, 11) is 0. The van der Waals surface area contributed by atoms with Crippen molar-refractivity contribution >= 4 is 40.5 Å². The van der Waals surface area contributed by atoms with Crippen LogP contribution in [0.1, 0.15) is 65.3 Å². The Morgan fingerprint density at radius 1 is 0.778 bits per heavy atom. The Morgan fingerprint density at radius 3 is 2.19 bits per heavy atom. The van der Waals surface area contributed by atoms with E-state index in [4.69, 9.17) is 17.0 Å².